The smallest absolute Gasteiger partial charge is 0.254 e. The van der Waals surface area contributed by atoms with Crippen LogP contribution in [-0.2, 0) is 13.5 Å². The first kappa shape index (κ1) is 16.2. The minimum atomic E-state index is 0.574. The van der Waals surface area contributed by atoms with Crippen molar-refractivity contribution in [2.45, 2.75) is 6.42 Å². The van der Waals surface area contributed by atoms with Crippen molar-refractivity contribution < 1.29 is 0 Å². The predicted octanol–water partition coefficient (Wildman–Crippen LogP) is 2.57. The van der Waals surface area contributed by atoms with Crippen molar-refractivity contribution in [3.05, 3.63) is 78.9 Å². The van der Waals surface area contributed by atoms with Crippen LogP contribution in [0.5, 0.6) is 0 Å². The van der Waals surface area contributed by atoms with Gasteiger partial charge in [0.1, 0.15) is 5.82 Å². The van der Waals surface area contributed by atoms with Gasteiger partial charge in [-0.3, -0.25) is 9.08 Å². The van der Waals surface area contributed by atoms with Crippen molar-refractivity contribution in [1.29, 1.82) is 0 Å². The third-order valence-corrected chi connectivity index (χ3v) is 4.49. The van der Waals surface area contributed by atoms with E-state index in [2.05, 4.69) is 42.4 Å². The van der Waals surface area contributed by atoms with Crippen molar-refractivity contribution >= 4 is 5.78 Å². The van der Waals surface area contributed by atoms with Crippen molar-refractivity contribution in [2.24, 2.45) is 7.05 Å². The topological polar surface area (TPSA) is 86.7 Å². The molecule has 1 aromatic carbocycles. The third kappa shape index (κ3) is 3.01. The molecule has 0 amide bonds. The number of nitrogens with zero attached hydrogens (tertiary/aromatic N) is 8. The number of benzene rings is 1. The van der Waals surface area contributed by atoms with E-state index in [9.17, 15) is 0 Å². The number of rotatable bonds is 4. The molecule has 0 aliphatic carbocycles. The number of aryl methyl sites for hydroxylation is 1. The van der Waals surface area contributed by atoms with E-state index in [1.54, 1.807) is 23.3 Å². The zero-order chi connectivity index (χ0) is 18.9. The molecule has 0 N–H and O–H groups in total. The van der Waals surface area contributed by atoms with Gasteiger partial charge in [0.05, 0.1) is 6.20 Å². The van der Waals surface area contributed by atoms with Gasteiger partial charge in [-0.2, -0.15) is 5.10 Å². The van der Waals surface area contributed by atoms with E-state index in [0.29, 0.717) is 18.0 Å². The predicted molar refractivity (Wildman–Crippen MR) is 103 cm³/mol. The maximum Gasteiger partial charge on any atom is 0.254 e. The molecule has 8 heteroatoms. The monoisotopic (exact) mass is 368 g/mol. The summed E-state index contributed by atoms with van der Waals surface area (Å²) in [6.07, 6.45) is 11.7. The van der Waals surface area contributed by atoms with E-state index in [0.717, 1.165) is 28.1 Å². The fourth-order valence-corrected chi connectivity index (χ4v) is 3.13. The summed E-state index contributed by atoms with van der Waals surface area (Å²) >= 11 is 0. The quantitative estimate of drug-likeness (QED) is 0.485. The summed E-state index contributed by atoms with van der Waals surface area (Å²) in [6.45, 7) is 0. The second kappa shape index (κ2) is 6.66. The molecule has 0 bridgehead atoms. The zero-order valence-corrected chi connectivity index (χ0v) is 15.1. The van der Waals surface area contributed by atoms with E-state index in [4.69, 9.17) is 0 Å². The van der Waals surface area contributed by atoms with Crippen LogP contribution in [0.3, 0.4) is 0 Å². The summed E-state index contributed by atoms with van der Waals surface area (Å²) in [4.78, 5) is 13.1. The van der Waals surface area contributed by atoms with Gasteiger partial charge in [-0.25, -0.2) is 15.0 Å². The van der Waals surface area contributed by atoms with Gasteiger partial charge in [0.15, 0.2) is 5.82 Å². The Morgan fingerprint density at radius 3 is 2.54 bits per heavy atom. The fraction of sp³-hybridized carbons (Fsp3) is 0.100. The van der Waals surface area contributed by atoms with Gasteiger partial charge in [0, 0.05) is 61.1 Å². The number of aromatic nitrogens is 8. The molecule has 4 heterocycles. The largest absolute Gasteiger partial charge is 0.275 e. The Kier molecular flexibility index (Phi) is 3.86. The molecular formula is C20H16N8. The highest BCUT2D eigenvalue weighted by Gasteiger charge is 2.11. The molecule has 4 aromatic heterocycles. The lowest BCUT2D eigenvalue weighted by molar-refractivity contribution is 0.768. The molecule has 0 saturated heterocycles. The Hall–Kier alpha value is -3.94. The highest BCUT2D eigenvalue weighted by atomic mass is 15.3. The lowest BCUT2D eigenvalue weighted by Gasteiger charge is -2.05. The molecule has 136 valence electrons. The molecule has 0 aliphatic rings. The first-order chi connectivity index (χ1) is 13.8. The summed E-state index contributed by atoms with van der Waals surface area (Å²) in [5.74, 6) is 2.10. The van der Waals surface area contributed by atoms with Crippen molar-refractivity contribution in [3.8, 4) is 22.5 Å². The van der Waals surface area contributed by atoms with Crippen LogP contribution in [0.4, 0.5) is 0 Å². The summed E-state index contributed by atoms with van der Waals surface area (Å²) in [6, 6.07) is 9.95. The van der Waals surface area contributed by atoms with Gasteiger partial charge in [-0.1, -0.05) is 18.2 Å². The summed E-state index contributed by atoms with van der Waals surface area (Å²) in [5.41, 5.74) is 4.04. The second-order valence-electron chi connectivity index (χ2n) is 6.48. The van der Waals surface area contributed by atoms with Gasteiger partial charge in [0.2, 0.25) is 0 Å². The molecular weight excluding hydrogens is 352 g/mol. The van der Waals surface area contributed by atoms with Gasteiger partial charge in [-0.15, -0.1) is 10.2 Å². The first-order valence-electron chi connectivity index (χ1n) is 8.81. The van der Waals surface area contributed by atoms with E-state index in [-0.39, 0.29) is 0 Å². The number of fused-ring (bicyclic) bond motifs is 1. The van der Waals surface area contributed by atoms with Crippen LogP contribution < -0.4 is 0 Å². The lowest BCUT2D eigenvalue weighted by atomic mass is 10.1. The molecule has 0 radical (unpaired) electrons. The first-order valence-corrected chi connectivity index (χ1v) is 8.81. The average molecular weight is 368 g/mol. The molecule has 5 aromatic rings. The molecule has 0 spiro atoms. The lowest BCUT2D eigenvalue weighted by Crippen LogP contribution is -1.98. The van der Waals surface area contributed by atoms with Gasteiger partial charge in [0.25, 0.3) is 5.78 Å². The Morgan fingerprint density at radius 2 is 1.71 bits per heavy atom. The van der Waals surface area contributed by atoms with Crippen molar-refractivity contribution in [2.75, 3.05) is 0 Å². The molecule has 0 atom stereocenters. The highest BCUT2D eigenvalue weighted by Crippen LogP contribution is 2.20. The molecule has 0 aliphatic heterocycles. The van der Waals surface area contributed by atoms with Crippen molar-refractivity contribution in [1.82, 2.24) is 39.3 Å². The maximum atomic E-state index is 4.43. The Bertz CT molecular complexity index is 1260. The molecule has 5 rings (SSSR count). The zero-order valence-electron chi connectivity index (χ0n) is 15.1. The summed E-state index contributed by atoms with van der Waals surface area (Å²) in [5, 5.41) is 12.7. The van der Waals surface area contributed by atoms with Crippen LogP contribution in [-0.4, -0.2) is 39.3 Å². The summed E-state index contributed by atoms with van der Waals surface area (Å²) < 4.78 is 3.69. The Balaban J connectivity index is 1.50. The maximum absolute atomic E-state index is 4.43. The fourth-order valence-electron chi connectivity index (χ4n) is 3.13. The second-order valence-corrected chi connectivity index (χ2v) is 6.48. The van der Waals surface area contributed by atoms with Crippen LogP contribution >= 0.6 is 0 Å². The standard InChI is InChI=1S/C20H16N8/c1-27-12-17(11-24-27)16-10-23-20-26-25-18(28(20)13-16)9-14-4-2-5-15(8-14)19-21-6-3-7-22-19/h2-8,10-13H,9H2,1H3. The van der Waals surface area contributed by atoms with Gasteiger partial charge in [-0.05, 0) is 17.7 Å². The average Bonchev–Trinajstić information content (AvgIpc) is 3.35. The molecule has 0 fully saturated rings. The number of hydrogen-bond acceptors (Lipinski definition) is 6. The van der Waals surface area contributed by atoms with Crippen LogP contribution in [0.15, 0.2) is 67.5 Å². The summed E-state index contributed by atoms with van der Waals surface area (Å²) in [7, 11) is 1.89. The Labute approximate surface area is 160 Å². The minimum Gasteiger partial charge on any atom is -0.275 e. The highest BCUT2D eigenvalue weighted by molar-refractivity contribution is 5.61. The van der Waals surface area contributed by atoms with E-state index in [1.165, 1.54) is 0 Å². The van der Waals surface area contributed by atoms with E-state index >= 15 is 0 Å². The number of hydrogen-bond donors (Lipinski definition) is 0. The van der Waals surface area contributed by atoms with Gasteiger partial charge >= 0.3 is 0 Å². The SMILES string of the molecule is Cn1cc(-c2cnc3nnc(Cc4cccc(-c5ncccn5)c4)n3c2)cn1. The Morgan fingerprint density at radius 1 is 0.857 bits per heavy atom. The van der Waals surface area contributed by atoms with Crippen LogP contribution in [0.25, 0.3) is 28.3 Å². The molecule has 8 nitrogen and oxygen atoms in total. The van der Waals surface area contributed by atoms with Crippen LogP contribution in [0, 0.1) is 0 Å². The van der Waals surface area contributed by atoms with Crippen LogP contribution in [0.1, 0.15) is 11.4 Å². The molecule has 28 heavy (non-hydrogen) atoms. The normalized spacial score (nSPS) is 11.2. The van der Waals surface area contributed by atoms with Gasteiger partial charge < -0.3 is 0 Å². The third-order valence-electron chi connectivity index (χ3n) is 4.49. The minimum absolute atomic E-state index is 0.574. The molecule has 0 unspecified atom stereocenters. The van der Waals surface area contributed by atoms with Crippen LogP contribution in [0.2, 0.25) is 0 Å². The molecule has 0 saturated carbocycles. The van der Waals surface area contributed by atoms with E-state index in [1.807, 2.05) is 48.2 Å². The van der Waals surface area contributed by atoms with E-state index < -0.39 is 0 Å². The van der Waals surface area contributed by atoms with Crippen molar-refractivity contribution in [3.63, 3.8) is 0 Å².